The number of aryl methyl sites for hydroxylation is 2. The van der Waals surface area contributed by atoms with Crippen molar-refractivity contribution in [3.63, 3.8) is 0 Å². The molecule has 0 aliphatic heterocycles. The summed E-state index contributed by atoms with van der Waals surface area (Å²) in [4.78, 5) is 21.1. The fraction of sp³-hybridized carbons (Fsp3) is 0.444. The Morgan fingerprint density at radius 1 is 1.75 bits per heavy atom. The molecule has 0 spiro atoms. The van der Waals surface area contributed by atoms with Crippen LogP contribution in [0.15, 0.2) is 0 Å². The number of halogens is 1. The first-order valence-corrected chi connectivity index (χ1v) is 4.95. The van der Waals surface area contributed by atoms with Crippen molar-refractivity contribution in [3.8, 4) is 0 Å². The average molecular weight is 246 g/mol. The van der Waals surface area contributed by atoms with Gasteiger partial charge in [0.05, 0.1) is 5.69 Å². The number of hydrogen-bond acceptors (Lipinski definition) is 3. The molecule has 1 heterocycles. The molecular weight excluding hydrogens is 234 g/mol. The summed E-state index contributed by atoms with van der Waals surface area (Å²) in [6.07, 6.45) is 0.477. The first-order valence-electron chi connectivity index (χ1n) is 4.57. The topological polar surface area (TPSA) is 84.2 Å². The van der Waals surface area contributed by atoms with E-state index in [2.05, 4.69) is 10.4 Å². The summed E-state index contributed by atoms with van der Waals surface area (Å²) in [5, 5.41) is 15.5. The molecule has 0 fully saturated rings. The third-order valence-electron chi connectivity index (χ3n) is 2.25. The summed E-state index contributed by atoms with van der Waals surface area (Å²) < 4.78 is 1.46. The van der Waals surface area contributed by atoms with E-state index in [1.54, 1.807) is 14.0 Å². The highest BCUT2D eigenvalue weighted by Gasteiger charge is 2.21. The van der Waals surface area contributed by atoms with Gasteiger partial charge in [-0.3, -0.25) is 9.48 Å². The van der Waals surface area contributed by atoms with Crippen LogP contribution in [0.3, 0.4) is 0 Å². The SMILES string of the molecule is Cc1nn(C)c(Cl)c1CC(NC=O)C(=O)O. The Kier molecular flexibility index (Phi) is 3.89. The lowest BCUT2D eigenvalue weighted by Crippen LogP contribution is -2.37. The zero-order chi connectivity index (χ0) is 12.3. The lowest BCUT2D eigenvalue weighted by atomic mass is 10.1. The fourth-order valence-electron chi connectivity index (χ4n) is 1.41. The van der Waals surface area contributed by atoms with E-state index in [1.807, 2.05) is 0 Å². The fourth-order valence-corrected chi connectivity index (χ4v) is 1.66. The van der Waals surface area contributed by atoms with Crippen LogP contribution in [-0.4, -0.2) is 33.3 Å². The number of rotatable bonds is 5. The second-order valence-corrected chi connectivity index (χ2v) is 3.72. The van der Waals surface area contributed by atoms with Gasteiger partial charge in [-0.2, -0.15) is 5.10 Å². The monoisotopic (exact) mass is 245 g/mol. The number of carbonyl (C=O) groups excluding carboxylic acids is 1. The van der Waals surface area contributed by atoms with E-state index in [1.165, 1.54) is 4.68 Å². The normalized spacial score (nSPS) is 12.2. The van der Waals surface area contributed by atoms with Crippen LogP contribution in [0.2, 0.25) is 5.15 Å². The van der Waals surface area contributed by atoms with E-state index in [9.17, 15) is 9.59 Å². The minimum atomic E-state index is -1.11. The van der Waals surface area contributed by atoms with Crippen molar-refractivity contribution in [2.75, 3.05) is 0 Å². The van der Waals surface area contributed by atoms with Crippen LogP contribution >= 0.6 is 11.6 Å². The van der Waals surface area contributed by atoms with Crippen molar-refractivity contribution in [2.45, 2.75) is 19.4 Å². The number of aliphatic carboxylic acids is 1. The lowest BCUT2D eigenvalue weighted by Gasteiger charge is -2.10. The number of amides is 1. The highest BCUT2D eigenvalue weighted by Crippen LogP contribution is 2.20. The summed E-state index contributed by atoms with van der Waals surface area (Å²) in [5.74, 6) is -1.11. The molecule has 0 saturated carbocycles. The minimum absolute atomic E-state index is 0.118. The molecule has 7 heteroatoms. The molecule has 1 unspecified atom stereocenters. The summed E-state index contributed by atoms with van der Waals surface area (Å²) in [7, 11) is 1.67. The van der Waals surface area contributed by atoms with E-state index < -0.39 is 12.0 Å². The Bertz CT molecular complexity index is 416. The third-order valence-corrected chi connectivity index (χ3v) is 2.72. The third kappa shape index (κ3) is 2.52. The number of aromatic nitrogens is 2. The molecule has 1 amide bonds. The molecule has 1 aromatic heterocycles. The van der Waals surface area contributed by atoms with Gasteiger partial charge in [-0.05, 0) is 6.92 Å². The molecule has 2 N–H and O–H groups in total. The Morgan fingerprint density at radius 3 is 2.75 bits per heavy atom. The van der Waals surface area contributed by atoms with E-state index in [4.69, 9.17) is 16.7 Å². The molecule has 0 bridgehead atoms. The van der Waals surface area contributed by atoms with Crippen molar-refractivity contribution in [2.24, 2.45) is 7.05 Å². The first-order chi connectivity index (χ1) is 7.47. The standard InChI is InChI=1S/C9H12ClN3O3/c1-5-6(8(10)13(2)12-5)3-7(9(15)16)11-4-14/h4,7H,3H2,1-2H3,(H,11,14)(H,15,16). The van der Waals surface area contributed by atoms with Gasteiger partial charge in [0.15, 0.2) is 0 Å². The number of nitrogens with zero attached hydrogens (tertiary/aromatic N) is 2. The molecular formula is C9H12ClN3O3. The maximum atomic E-state index is 10.8. The van der Waals surface area contributed by atoms with Gasteiger partial charge >= 0.3 is 5.97 Å². The predicted octanol–water partition coefficient (Wildman–Crippen LogP) is 0.124. The molecule has 16 heavy (non-hydrogen) atoms. The maximum Gasteiger partial charge on any atom is 0.326 e. The van der Waals surface area contributed by atoms with Gasteiger partial charge in [0.25, 0.3) is 0 Å². The molecule has 0 aromatic carbocycles. The minimum Gasteiger partial charge on any atom is -0.480 e. The largest absolute Gasteiger partial charge is 0.480 e. The van der Waals surface area contributed by atoms with Gasteiger partial charge in [0.2, 0.25) is 6.41 Å². The molecule has 1 rings (SSSR count). The van der Waals surface area contributed by atoms with Crippen molar-refractivity contribution >= 4 is 24.0 Å². The molecule has 1 aromatic rings. The zero-order valence-electron chi connectivity index (χ0n) is 8.90. The molecule has 1 atom stereocenters. The van der Waals surface area contributed by atoms with Crippen molar-refractivity contribution in [1.29, 1.82) is 0 Å². The van der Waals surface area contributed by atoms with Crippen molar-refractivity contribution < 1.29 is 14.7 Å². The van der Waals surface area contributed by atoms with Gasteiger partial charge < -0.3 is 10.4 Å². The first kappa shape index (κ1) is 12.5. The van der Waals surface area contributed by atoms with Crippen LogP contribution in [0.5, 0.6) is 0 Å². The van der Waals surface area contributed by atoms with Crippen LogP contribution < -0.4 is 5.32 Å². The van der Waals surface area contributed by atoms with Crippen molar-refractivity contribution in [3.05, 3.63) is 16.4 Å². The number of hydrogen-bond donors (Lipinski definition) is 2. The smallest absolute Gasteiger partial charge is 0.326 e. The number of nitrogens with one attached hydrogen (secondary N) is 1. The van der Waals surface area contributed by atoms with Crippen LogP contribution in [0, 0.1) is 6.92 Å². The van der Waals surface area contributed by atoms with E-state index in [0.717, 1.165) is 0 Å². The van der Waals surface area contributed by atoms with Gasteiger partial charge in [-0.25, -0.2) is 4.79 Å². The number of carboxylic acids is 1. The van der Waals surface area contributed by atoms with Gasteiger partial charge in [-0.15, -0.1) is 0 Å². The molecule has 0 aliphatic carbocycles. The highest BCUT2D eigenvalue weighted by atomic mass is 35.5. The van der Waals surface area contributed by atoms with Crippen LogP contribution in [0.4, 0.5) is 0 Å². The average Bonchev–Trinajstić information content (AvgIpc) is 2.43. The lowest BCUT2D eigenvalue weighted by molar-refractivity contribution is -0.140. The van der Waals surface area contributed by atoms with Gasteiger partial charge in [0, 0.05) is 19.0 Å². The summed E-state index contributed by atoms with van der Waals surface area (Å²) in [5.41, 5.74) is 1.29. The Hall–Kier alpha value is -1.56. The highest BCUT2D eigenvalue weighted by molar-refractivity contribution is 6.30. The summed E-state index contributed by atoms with van der Waals surface area (Å²) >= 11 is 5.95. The number of carbonyl (C=O) groups is 2. The molecule has 0 radical (unpaired) electrons. The maximum absolute atomic E-state index is 10.8. The van der Waals surface area contributed by atoms with Crippen LogP contribution in [0.1, 0.15) is 11.3 Å². The van der Waals surface area contributed by atoms with Crippen LogP contribution in [0.25, 0.3) is 0 Å². The summed E-state index contributed by atoms with van der Waals surface area (Å²) in [6.45, 7) is 1.74. The van der Waals surface area contributed by atoms with Crippen molar-refractivity contribution in [1.82, 2.24) is 15.1 Å². The number of carboxylic acid groups (broad SMARTS) is 1. The second kappa shape index (κ2) is 4.98. The predicted molar refractivity (Wildman–Crippen MR) is 57.3 cm³/mol. The Morgan fingerprint density at radius 2 is 2.38 bits per heavy atom. The molecule has 0 saturated heterocycles. The molecule has 0 aliphatic rings. The van der Waals surface area contributed by atoms with E-state index in [-0.39, 0.29) is 6.42 Å². The summed E-state index contributed by atoms with van der Waals surface area (Å²) in [6, 6.07) is -0.988. The quantitative estimate of drug-likeness (QED) is 0.722. The molecule has 6 nitrogen and oxygen atoms in total. The van der Waals surface area contributed by atoms with Gasteiger partial charge in [-0.1, -0.05) is 11.6 Å². The molecule has 88 valence electrons. The van der Waals surface area contributed by atoms with E-state index >= 15 is 0 Å². The van der Waals surface area contributed by atoms with Crippen LogP contribution in [-0.2, 0) is 23.1 Å². The second-order valence-electron chi connectivity index (χ2n) is 3.36. The Balaban J connectivity index is 2.93. The van der Waals surface area contributed by atoms with Gasteiger partial charge in [0.1, 0.15) is 11.2 Å². The van der Waals surface area contributed by atoms with E-state index in [0.29, 0.717) is 22.8 Å². The Labute approximate surface area is 97.2 Å². The zero-order valence-corrected chi connectivity index (χ0v) is 9.65.